The SMILES string of the molecule is CO/C(=N\c1cc(C)ccc1C)N1CCC(c2nc(C3=NOC(c4c(F)cccc4F)C3)cs2)CC1. The average Bonchev–Trinajstić information content (AvgIpc) is 3.55. The molecule has 0 amide bonds. The highest BCUT2D eigenvalue weighted by Gasteiger charge is 2.31. The third-order valence-electron chi connectivity index (χ3n) is 6.69. The van der Waals surface area contributed by atoms with Crippen molar-refractivity contribution in [2.24, 2.45) is 10.1 Å². The number of rotatable bonds is 4. The molecule has 1 saturated heterocycles. The lowest BCUT2D eigenvalue weighted by atomic mass is 9.97. The first-order valence-corrected chi connectivity index (χ1v) is 12.9. The quantitative estimate of drug-likeness (QED) is 0.300. The van der Waals surface area contributed by atoms with Gasteiger partial charge in [0.2, 0.25) is 0 Å². The van der Waals surface area contributed by atoms with Crippen LogP contribution in [-0.2, 0) is 9.57 Å². The van der Waals surface area contributed by atoms with Gasteiger partial charge in [-0.25, -0.2) is 13.8 Å². The number of oxime groups is 1. The molecule has 1 unspecified atom stereocenters. The lowest BCUT2D eigenvalue weighted by molar-refractivity contribution is 0.0800. The van der Waals surface area contributed by atoms with E-state index in [1.54, 1.807) is 18.4 Å². The Morgan fingerprint density at radius 1 is 1.14 bits per heavy atom. The summed E-state index contributed by atoms with van der Waals surface area (Å²) in [6, 6.07) is 10.7. The summed E-state index contributed by atoms with van der Waals surface area (Å²) in [6.07, 6.45) is 1.35. The topological polar surface area (TPSA) is 59.3 Å². The molecule has 3 heterocycles. The monoisotopic (exact) mass is 510 g/mol. The number of benzene rings is 2. The number of ether oxygens (including phenoxy) is 1. The Kier molecular flexibility index (Phi) is 7.00. The van der Waals surface area contributed by atoms with E-state index in [9.17, 15) is 8.78 Å². The molecule has 0 radical (unpaired) electrons. The predicted octanol–water partition coefficient (Wildman–Crippen LogP) is 6.42. The van der Waals surface area contributed by atoms with E-state index in [0.717, 1.165) is 47.8 Å². The number of likely N-dealkylation sites (tertiary alicyclic amines) is 1. The summed E-state index contributed by atoms with van der Waals surface area (Å²) >= 11 is 1.59. The van der Waals surface area contributed by atoms with Gasteiger partial charge in [-0.15, -0.1) is 11.3 Å². The third-order valence-corrected chi connectivity index (χ3v) is 7.69. The number of amidine groups is 1. The number of aliphatic imine (C=N–C) groups is 1. The Hall–Kier alpha value is -3.33. The number of thiazole rings is 1. The normalized spacial score (nSPS) is 18.8. The fourth-order valence-corrected chi connectivity index (χ4v) is 5.62. The van der Waals surface area contributed by atoms with E-state index in [1.807, 2.05) is 12.3 Å². The molecular formula is C27H28F2N4O2S. The van der Waals surface area contributed by atoms with Crippen molar-refractivity contribution in [3.63, 3.8) is 0 Å². The highest BCUT2D eigenvalue weighted by molar-refractivity contribution is 7.10. The molecule has 188 valence electrons. The van der Waals surface area contributed by atoms with E-state index in [0.29, 0.717) is 23.3 Å². The van der Waals surface area contributed by atoms with Crippen LogP contribution in [0.5, 0.6) is 0 Å². The number of methoxy groups -OCH3 is 1. The molecule has 0 saturated carbocycles. The van der Waals surface area contributed by atoms with Gasteiger partial charge in [-0.3, -0.25) is 0 Å². The average molecular weight is 511 g/mol. The van der Waals surface area contributed by atoms with Gasteiger partial charge in [0.1, 0.15) is 17.3 Å². The van der Waals surface area contributed by atoms with Crippen molar-refractivity contribution in [2.45, 2.75) is 45.1 Å². The van der Waals surface area contributed by atoms with Crippen molar-refractivity contribution in [3.05, 3.63) is 80.8 Å². The van der Waals surface area contributed by atoms with Gasteiger partial charge in [-0.05, 0) is 56.0 Å². The minimum absolute atomic E-state index is 0.0875. The number of aryl methyl sites for hydroxylation is 2. The van der Waals surface area contributed by atoms with E-state index < -0.39 is 17.7 Å². The number of piperidine rings is 1. The van der Waals surface area contributed by atoms with Gasteiger partial charge in [0.15, 0.2) is 6.10 Å². The van der Waals surface area contributed by atoms with Crippen LogP contribution in [-0.4, -0.2) is 41.8 Å². The van der Waals surface area contributed by atoms with Crippen molar-refractivity contribution in [3.8, 4) is 0 Å². The van der Waals surface area contributed by atoms with Crippen LogP contribution >= 0.6 is 11.3 Å². The summed E-state index contributed by atoms with van der Waals surface area (Å²) in [7, 11) is 1.66. The van der Waals surface area contributed by atoms with Gasteiger partial charge in [-0.2, -0.15) is 4.99 Å². The highest BCUT2D eigenvalue weighted by atomic mass is 32.1. The Balaban J connectivity index is 1.22. The number of hydrogen-bond donors (Lipinski definition) is 0. The van der Waals surface area contributed by atoms with Gasteiger partial charge in [-0.1, -0.05) is 23.4 Å². The zero-order valence-electron chi connectivity index (χ0n) is 20.5. The molecule has 0 aliphatic carbocycles. The van der Waals surface area contributed by atoms with Gasteiger partial charge in [0, 0.05) is 30.8 Å². The molecule has 2 aromatic carbocycles. The van der Waals surface area contributed by atoms with Crippen molar-refractivity contribution < 1.29 is 18.4 Å². The van der Waals surface area contributed by atoms with Crippen LogP contribution in [0.1, 0.15) is 58.7 Å². The Labute approximate surface area is 213 Å². The molecule has 0 N–H and O–H groups in total. The lowest BCUT2D eigenvalue weighted by Gasteiger charge is -2.32. The van der Waals surface area contributed by atoms with E-state index >= 15 is 0 Å². The first kappa shape index (κ1) is 24.4. The summed E-state index contributed by atoms with van der Waals surface area (Å²) in [6.45, 7) is 5.73. The van der Waals surface area contributed by atoms with Gasteiger partial charge >= 0.3 is 0 Å². The van der Waals surface area contributed by atoms with Crippen LogP contribution in [0.15, 0.2) is 51.9 Å². The van der Waals surface area contributed by atoms with Crippen molar-refractivity contribution in [2.75, 3.05) is 20.2 Å². The first-order valence-electron chi connectivity index (χ1n) is 12.0. The first-order chi connectivity index (χ1) is 17.4. The van der Waals surface area contributed by atoms with E-state index in [1.165, 1.54) is 18.2 Å². The highest BCUT2D eigenvalue weighted by Crippen LogP contribution is 2.35. The number of aromatic nitrogens is 1. The molecule has 2 aliphatic heterocycles. The molecule has 1 fully saturated rings. The van der Waals surface area contributed by atoms with Crippen molar-refractivity contribution in [1.29, 1.82) is 0 Å². The standard InChI is InChI=1S/C27H28F2N4O2S/c1-16-7-8-17(2)21(13-16)31-27(34-3)33-11-9-18(10-12-33)26-30-23(15-36-26)22-14-24(35-32-22)25-19(28)5-4-6-20(25)29/h4-8,13,15,18,24H,9-12,14H2,1-3H3/b31-27-. The second-order valence-electron chi connectivity index (χ2n) is 9.19. The van der Waals surface area contributed by atoms with Gasteiger partial charge in [0.05, 0.1) is 29.1 Å². The van der Waals surface area contributed by atoms with Crippen molar-refractivity contribution >= 4 is 28.8 Å². The molecule has 0 spiro atoms. The van der Waals surface area contributed by atoms with Crippen LogP contribution in [0.25, 0.3) is 0 Å². The van der Waals surface area contributed by atoms with Gasteiger partial charge < -0.3 is 14.5 Å². The second kappa shape index (κ2) is 10.3. The summed E-state index contributed by atoms with van der Waals surface area (Å²) < 4.78 is 33.9. The maximum Gasteiger partial charge on any atom is 0.292 e. The second-order valence-corrected chi connectivity index (χ2v) is 10.1. The number of nitrogens with zero attached hydrogens (tertiary/aromatic N) is 4. The summed E-state index contributed by atoms with van der Waals surface area (Å²) in [5.74, 6) is -0.932. The van der Waals surface area contributed by atoms with Crippen LogP contribution in [0.4, 0.5) is 14.5 Å². The van der Waals surface area contributed by atoms with Crippen LogP contribution < -0.4 is 0 Å². The molecule has 0 bridgehead atoms. The lowest BCUT2D eigenvalue weighted by Crippen LogP contribution is -2.38. The Morgan fingerprint density at radius 3 is 2.61 bits per heavy atom. The van der Waals surface area contributed by atoms with Crippen LogP contribution in [0.2, 0.25) is 0 Å². The third kappa shape index (κ3) is 4.97. The molecular weight excluding hydrogens is 482 g/mol. The van der Waals surface area contributed by atoms with Crippen molar-refractivity contribution in [1.82, 2.24) is 9.88 Å². The maximum absolute atomic E-state index is 14.1. The van der Waals surface area contributed by atoms with E-state index in [2.05, 4.69) is 35.2 Å². The molecule has 36 heavy (non-hydrogen) atoms. The van der Waals surface area contributed by atoms with Crippen LogP contribution in [0.3, 0.4) is 0 Å². The molecule has 3 aromatic rings. The molecule has 6 nitrogen and oxygen atoms in total. The molecule has 5 rings (SSSR count). The largest absolute Gasteiger partial charge is 0.468 e. The van der Waals surface area contributed by atoms with Gasteiger partial charge in [0.25, 0.3) is 6.02 Å². The zero-order valence-corrected chi connectivity index (χ0v) is 21.3. The minimum atomic E-state index is -0.779. The van der Waals surface area contributed by atoms with E-state index in [-0.39, 0.29) is 12.0 Å². The van der Waals surface area contributed by atoms with Crippen LogP contribution in [0, 0.1) is 25.5 Å². The summed E-state index contributed by atoms with van der Waals surface area (Å²) in [5, 5.41) is 7.08. The molecule has 9 heteroatoms. The fourth-order valence-electron chi connectivity index (χ4n) is 4.62. The molecule has 1 aromatic heterocycles. The zero-order chi connectivity index (χ0) is 25.2. The fraction of sp³-hybridized carbons (Fsp3) is 0.370. The molecule has 1 atom stereocenters. The maximum atomic E-state index is 14.1. The Bertz CT molecular complexity index is 1290. The smallest absolute Gasteiger partial charge is 0.292 e. The predicted molar refractivity (Wildman–Crippen MR) is 137 cm³/mol. The number of halogens is 2. The molecule has 2 aliphatic rings. The summed E-state index contributed by atoms with van der Waals surface area (Å²) in [4.78, 5) is 17.1. The summed E-state index contributed by atoms with van der Waals surface area (Å²) in [5.41, 5.74) is 4.44. The number of hydrogen-bond acceptors (Lipinski definition) is 6. The minimum Gasteiger partial charge on any atom is -0.468 e. The van der Waals surface area contributed by atoms with E-state index in [4.69, 9.17) is 19.6 Å². The Morgan fingerprint density at radius 2 is 1.89 bits per heavy atom.